The third-order valence-electron chi connectivity index (χ3n) is 4.05. The molecule has 0 amide bonds. The van der Waals surface area contributed by atoms with Gasteiger partial charge in [0.2, 0.25) is 0 Å². The van der Waals surface area contributed by atoms with E-state index in [9.17, 15) is 0 Å². The quantitative estimate of drug-likeness (QED) is 0.830. The van der Waals surface area contributed by atoms with Crippen LogP contribution in [0.25, 0.3) is 0 Å². The minimum Gasteiger partial charge on any atom is -0.312 e. The topological polar surface area (TPSA) is 28.2 Å². The molecular weight excluding hydrogens is 278 g/mol. The lowest BCUT2D eigenvalue weighted by molar-refractivity contribution is 0.276. The van der Waals surface area contributed by atoms with E-state index in [0.29, 0.717) is 5.92 Å². The van der Waals surface area contributed by atoms with Crippen LogP contribution >= 0.6 is 11.3 Å². The van der Waals surface area contributed by atoms with E-state index in [1.807, 2.05) is 11.3 Å². The van der Waals surface area contributed by atoms with E-state index in [1.165, 1.54) is 54.4 Å². The maximum atomic E-state index is 4.89. The average molecular weight is 310 g/mol. The van der Waals surface area contributed by atoms with Crippen molar-refractivity contribution in [3.8, 4) is 0 Å². The second kappa shape index (κ2) is 8.86. The van der Waals surface area contributed by atoms with Crippen LogP contribution in [-0.2, 0) is 19.5 Å². The van der Waals surface area contributed by atoms with Gasteiger partial charge < -0.3 is 5.32 Å². The first-order valence-corrected chi connectivity index (χ1v) is 9.41. The molecule has 3 nitrogen and oxygen atoms in total. The second-order valence-electron chi connectivity index (χ2n) is 6.55. The van der Waals surface area contributed by atoms with Gasteiger partial charge in [-0.25, -0.2) is 4.98 Å². The summed E-state index contributed by atoms with van der Waals surface area (Å²) in [7, 11) is 0. The predicted octanol–water partition coefficient (Wildman–Crippen LogP) is 3.83. The lowest BCUT2D eigenvalue weighted by Crippen LogP contribution is -2.23. The van der Waals surface area contributed by atoms with E-state index in [0.717, 1.165) is 26.1 Å². The van der Waals surface area contributed by atoms with Crippen LogP contribution in [0.2, 0.25) is 0 Å². The summed E-state index contributed by atoms with van der Waals surface area (Å²) in [6, 6.07) is 0. The summed E-state index contributed by atoms with van der Waals surface area (Å²) in [5.74, 6) is 0.708. The Labute approximate surface area is 134 Å². The Morgan fingerprint density at radius 1 is 1.19 bits per heavy atom. The molecule has 2 heterocycles. The van der Waals surface area contributed by atoms with Gasteiger partial charge in [-0.05, 0) is 44.8 Å². The Morgan fingerprint density at radius 3 is 2.52 bits per heavy atom. The smallest absolute Gasteiger partial charge is 0.107 e. The molecule has 0 bridgehead atoms. The zero-order valence-corrected chi connectivity index (χ0v) is 14.8. The number of nitrogens with one attached hydrogen (secondary N) is 1. The highest BCUT2D eigenvalue weighted by molar-refractivity contribution is 7.11. The number of rotatable bonds is 7. The number of likely N-dealkylation sites (tertiary alicyclic amines) is 1. The first-order valence-electron chi connectivity index (χ1n) is 8.59. The molecular formula is C17H31N3S. The minimum absolute atomic E-state index is 0.708. The fourth-order valence-electron chi connectivity index (χ4n) is 2.88. The third-order valence-corrected chi connectivity index (χ3v) is 5.14. The van der Waals surface area contributed by atoms with Crippen LogP contribution in [0, 0.1) is 5.92 Å². The fourth-order valence-corrected chi connectivity index (χ4v) is 4.05. The van der Waals surface area contributed by atoms with E-state index in [1.54, 1.807) is 0 Å². The molecule has 0 radical (unpaired) electrons. The van der Waals surface area contributed by atoms with Crippen LogP contribution in [0.5, 0.6) is 0 Å². The molecule has 1 aliphatic rings. The van der Waals surface area contributed by atoms with E-state index in [-0.39, 0.29) is 0 Å². The highest BCUT2D eigenvalue weighted by Gasteiger charge is 2.14. The van der Waals surface area contributed by atoms with E-state index in [4.69, 9.17) is 4.98 Å². The van der Waals surface area contributed by atoms with Crippen molar-refractivity contribution in [1.29, 1.82) is 0 Å². The molecule has 0 unspecified atom stereocenters. The van der Waals surface area contributed by atoms with Gasteiger partial charge in [0, 0.05) is 11.4 Å². The first kappa shape index (κ1) is 16.9. The van der Waals surface area contributed by atoms with Gasteiger partial charge in [0.25, 0.3) is 0 Å². The number of nitrogens with zero attached hydrogens (tertiary/aromatic N) is 2. The summed E-state index contributed by atoms with van der Waals surface area (Å²) >= 11 is 1.92. The Balaban J connectivity index is 1.91. The van der Waals surface area contributed by atoms with Crippen molar-refractivity contribution in [3.05, 3.63) is 15.6 Å². The zero-order valence-electron chi connectivity index (χ0n) is 14.0. The van der Waals surface area contributed by atoms with Crippen LogP contribution in [-0.4, -0.2) is 29.5 Å². The van der Waals surface area contributed by atoms with Gasteiger partial charge in [-0.1, -0.05) is 33.6 Å². The summed E-state index contributed by atoms with van der Waals surface area (Å²) in [5.41, 5.74) is 1.31. The Kier molecular flexibility index (Phi) is 7.14. The van der Waals surface area contributed by atoms with Crippen LogP contribution in [0.15, 0.2) is 0 Å². The Hall–Kier alpha value is -0.450. The molecule has 21 heavy (non-hydrogen) atoms. The van der Waals surface area contributed by atoms with Crippen molar-refractivity contribution in [1.82, 2.24) is 15.2 Å². The van der Waals surface area contributed by atoms with Crippen molar-refractivity contribution >= 4 is 11.3 Å². The van der Waals surface area contributed by atoms with E-state index < -0.39 is 0 Å². The molecule has 4 heteroatoms. The van der Waals surface area contributed by atoms with Gasteiger partial charge in [-0.2, -0.15) is 0 Å². The lowest BCUT2D eigenvalue weighted by atomic mass is 10.2. The SMILES string of the molecule is CCc1nc(CN2CCCCCC2)sc1CNCC(C)C. The molecule has 2 rings (SSSR count). The summed E-state index contributed by atoms with van der Waals surface area (Å²) in [6.07, 6.45) is 6.57. The molecule has 1 aliphatic heterocycles. The molecule has 0 saturated carbocycles. The average Bonchev–Trinajstić information content (AvgIpc) is 2.66. The predicted molar refractivity (Wildman–Crippen MR) is 91.8 cm³/mol. The van der Waals surface area contributed by atoms with Crippen molar-refractivity contribution in [3.63, 3.8) is 0 Å². The summed E-state index contributed by atoms with van der Waals surface area (Å²) in [5, 5.41) is 4.87. The molecule has 1 N–H and O–H groups in total. The molecule has 1 saturated heterocycles. The minimum atomic E-state index is 0.708. The molecule has 1 aromatic rings. The standard InChI is InChI=1S/C17H31N3S/c1-4-15-16(12-18-11-14(2)3)21-17(19-15)13-20-9-7-5-6-8-10-20/h14,18H,4-13H2,1-3H3. The van der Waals surface area contributed by atoms with Crippen LogP contribution in [0.4, 0.5) is 0 Å². The van der Waals surface area contributed by atoms with E-state index in [2.05, 4.69) is 31.0 Å². The Morgan fingerprint density at radius 2 is 1.90 bits per heavy atom. The highest BCUT2D eigenvalue weighted by Crippen LogP contribution is 2.22. The molecule has 0 aliphatic carbocycles. The summed E-state index contributed by atoms with van der Waals surface area (Å²) < 4.78 is 0. The molecule has 1 aromatic heterocycles. The third kappa shape index (κ3) is 5.68. The first-order chi connectivity index (χ1) is 10.2. The van der Waals surface area contributed by atoms with Gasteiger partial charge in [-0.3, -0.25) is 4.90 Å². The van der Waals surface area contributed by atoms with Crippen molar-refractivity contribution < 1.29 is 0 Å². The normalized spacial score (nSPS) is 17.3. The van der Waals surface area contributed by atoms with E-state index >= 15 is 0 Å². The maximum absolute atomic E-state index is 4.89. The van der Waals surface area contributed by atoms with Gasteiger partial charge >= 0.3 is 0 Å². The van der Waals surface area contributed by atoms with Crippen molar-refractivity contribution in [2.24, 2.45) is 5.92 Å². The number of hydrogen-bond acceptors (Lipinski definition) is 4. The number of hydrogen-bond donors (Lipinski definition) is 1. The second-order valence-corrected chi connectivity index (χ2v) is 7.71. The molecule has 0 aromatic carbocycles. The Bertz CT molecular complexity index is 406. The maximum Gasteiger partial charge on any atom is 0.107 e. The highest BCUT2D eigenvalue weighted by atomic mass is 32.1. The van der Waals surface area contributed by atoms with Crippen LogP contribution in [0.3, 0.4) is 0 Å². The van der Waals surface area contributed by atoms with Gasteiger partial charge in [0.05, 0.1) is 12.2 Å². The lowest BCUT2D eigenvalue weighted by Gasteiger charge is -2.17. The zero-order chi connectivity index (χ0) is 15.1. The number of aromatic nitrogens is 1. The van der Waals surface area contributed by atoms with Gasteiger partial charge in [0.1, 0.15) is 5.01 Å². The van der Waals surface area contributed by atoms with Gasteiger partial charge in [0.15, 0.2) is 0 Å². The monoisotopic (exact) mass is 309 g/mol. The largest absolute Gasteiger partial charge is 0.312 e. The molecule has 0 spiro atoms. The molecule has 0 atom stereocenters. The van der Waals surface area contributed by atoms with Crippen molar-refractivity contribution in [2.75, 3.05) is 19.6 Å². The number of thiazole rings is 1. The summed E-state index contributed by atoms with van der Waals surface area (Å²) in [6.45, 7) is 12.4. The molecule has 1 fully saturated rings. The fraction of sp³-hybridized carbons (Fsp3) is 0.824. The van der Waals surface area contributed by atoms with Gasteiger partial charge in [-0.15, -0.1) is 11.3 Å². The summed E-state index contributed by atoms with van der Waals surface area (Å²) in [4.78, 5) is 8.93. The molecule has 120 valence electrons. The number of aryl methyl sites for hydroxylation is 1. The van der Waals surface area contributed by atoms with Crippen molar-refractivity contribution in [2.45, 2.75) is 66.0 Å². The van der Waals surface area contributed by atoms with Crippen LogP contribution in [0.1, 0.15) is 62.0 Å². The van der Waals surface area contributed by atoms with Crippen LogP contribution < -0.4 is 5.32 Å².